The smallest absolute Gasteiger partial charge is 0.511 e. The summed E-state index contributed by atoms with van der Waals surface area (Å²) in [4.78, 5) is 15.9. The van der Waals surface area contributed by atoms with E-state index in [1.165, 1.54) is 11.9 Å². The Morgan fingerprint density at radius 1 is 1.68 bits per heavy atom. The van der Waals surface area contributed by atoms with Crippen molar-refractivity contribution in [2.24, 2.45) is 5.28 Å². The average molecular weight is 277 g/mol. The first-order valence-electron chi connectivity index (χ1n) is 6.13. The van der Waals surface area contributed by atoms with Crippen LogP contribution in [0.5, 0.6) is 0 Å². The molecule has 9 heteroatoms. The molecule has 1 heterocycles. The Hall–Kier alpha value is -1.77. The average Bonchev–Trinajstić information content (AvgIpc) is 2.84. The number of carbonyl (C=O) groups excluding carboxylic acids is 1. The van der Waals surface area contributed by atoms with Crippen molar-refractivity contribution >= 4 is 6.16 Å². The Kier molecular flexibility index (Phi) is 6.13. The molecular weight excluding hydrogens is 258 g/mol. The number of carbonyl (C=O) groups is 1. The van der Waals surface area contributed by atoms with Gasteiger partial charge in [0.15, 0.2) is 0 Å². The molecule has 1 N–H and O–H groups in total. The number of ether oxygens (including phenoxy) is 2. The highest BCUT2D eigenvalue weighted by atomic mass is 16.8. The fraction of sp³-hybridized carbons (Fsp3) is 0.900. The van der Waals surface area contributed by atoms with Gasteiger partial charge in [-0.3, -0.25) is 4.84 Å². The van der Waals surface area contributed by atoms with Crippen molar-refractivity contribution in [2.45, 2.75) is 39.0 Å². The number of hydrazine groups is 1. The van der Waals surface area contributed by atoms with Gasteiger partial charge in [-0.05, 0) is 19.8 Å². The third-order valence-electron chi connectivity index (χ3n) is 2.57. The van der Waals surface area contributed by atoms with Crippen molar-refractivity contribution < 1.29 is 29.2 Å². The number of rotatable bonds is 6. The molecule has 0 aromatic rings. The summed E-state index contributed by atoms with van der Waals surface area (Å²) in [7, 11) is 0. The van der Waals surface area contributed by atoms with E-state index in [1.54, 1.807) is 6.92 Å². The van der Waals surface area contributed by atoms with Crippen molar-refractivity contribution in [3.63, 3.8) is 0 Å². The minimum Gasteiger partial charge on any atom is -0.569 e. The van der Waals surface area contributed by atoms with E-state index >= 15 is 0 Å². The molecule has 2 atom stereocenters. The maximum absolute atomic E-state index is 11.6. The van der Waals surface area contributed by atoms with Gasteiger partial charge in [0.1, 0.15) is 6.04 Å². The Morgan fingerprint density at radius 3 is 3.05 bits per heavy atom. The highest BCUT2D eigenvalue weighted by molar-refractivity contribution is 5.59. The van der Waals surface area contributed by atoms with Gasteiger partial charge in [-0.15, -0.1) is 5.01 Å². The molecule has 110 valence electrons. The molecule has 1 unspecified atom stereocenters. The quantitative estimate of drug-likeness (QED) is 0.251. The molecule has 1 fully saturated rings. The Balaban J connectivity index is 2.40. The summed E-state index contributed by atoms with van der Waals surface area (Å²) in [5.41, 5.74) is 0. The molecule has 1 aliphatic heterocycles. The molecular formula is C10H19N3O6. The minimum absolute atomic E-state index is 0.122. The molecule has 0 aliphatic carbocycles. The lowest BCUT2D eigenvalue weighted by molar-refractivity contribution is -0.716. The van der Waals surface area contributed by atoms with E-state index in [0.717, 1.165) is 12.8 Å². The van der Waals surface area contributed by atoms with E-state index in [0.29, 0.717) is 6.54 Å². The van der Waals surface area contributed by atoms with Crippen molar-refractivity contribution in [1.82, 2.24) is 5.01 Å². The summed E-state index contributed by atoms with van der Waals surface area (Å²) < 4.78 is 9.18. The molecule has 1 rings (SSSR count). The number of aliphatic hydroxyl groups is 1. The minimum atomic E-state index is -1.04. The molecule has 1 saturated heterocycles. The van der Waals surface area contributed by atoms with Gasteiger partial charge in [0.2, 0.25) is 5.28 Å². The zero-order chi connectivity index (χ0) is 14.3. The summed E-state index contributed by atoms with van der Waals surface area (Å²) in [5, 5.41) is 25.3. The van der Waals surface area contributed by atoms with Gasteiger partial charge in [-0.1, -0.05) is 0 Å². The lowest BCUT2D eigenvalue weighted by Gasteiger charge is -2.18. The first kappa shape index (κ1) is 15.3. The normalized spacial score (nSPS) is 21.1. The Bertz CT molecular complexity index is 324. The second kappa shape index (κ2) is 7.62. The zero-order valence-corrected chi connectivity index (χ0v) is 11.0. The fourth-order valence-corrected chi connectivity index (χ4v) is 1.69. The summed E-state index contributed by atoms with van der Waals surface area (Å²) in [6.07, 6.45) is -0.406. The maximum atomic E-state index is 11.6. The number of hydrogen-bond donors (Lipinski definition) is 1. The lowest BCUT2D eigenvalue weighted by atomic mass is 10.2. The number of aliphatic hydroxyl groups excluding tert-OH is 1. The molecule has 0 radical (unpaired) electrons. The van der Waals surface area contributed by atoms with Crippen LogP contribution in [-0.2, 0) is 14.3 Å². The Morgan fingerprint density at radius 2 is 2.42 bits per heavy atom. The van der Waals surface area contributed by atoms with E-state index in [-0.39, 0.29) is 24.2 Å². The molecule has 0 spiro atoms. The molecule has 19 heavy (non-hydrogen) atoms. The van der Waals surface area contributed by atoms with Gasteiger partial charge in [0, 0.05) is 6.92 Å². The van der Waals surface area contributed by atoms with Crippen molar-refractivity contribution in [2.75, 3.05) is 19.8 Å². The van der Waals surface area contributed by atoms with E-state index in [9.17, 15) is 10.0 Å². The molecule has 9 nitrogen and oxygen atoms in total. The van der Waals surface area contributed by atoms with Gasteiger partial charge < -0.3 is 19.8 Å². The van der Waals surface area contributed by atoms with Crippen LogP contribution >= 0.6 is 0 Å². The van der Waals surface area contributed by atoms with Crippen LogP contribution in [0.25, 0.3) is 0 Å². The van der Waals surface area contributed by atoms with Crippen LogP contribution in [0, 0.1) is 5.21 Å². The summed E-state index contributed by atoms with van der Waals surface area (Å²) in [5.74, 6) is 0. The second-order valence-corrected chi connectivity index (χ2v) is 3.95. The fourth-order valence-electron chi connectivity index (χ4n) is 1.69. The monoisotopic (exact) mass is 277 g/mol. The zero-order valence-electron chi connectivity index (χ0n) is 11.0. The van der Waals surface area contributed by atoms with Crippen molar-refractivity contribution in [3.05, 3.63) is 5.21 Å². The standard InChI is InChI=1S/C10H19N3O6/c1-3-17-10(15)18-8(2)19-11-13(16)12-6-4-5-9(12)7-14/h8-9,14H,3-7H2,1-2H3/b13-11+/t8?,9-/m0/s1. The van der Waals surface area contributed by atoms with Crippen molar-refractivity contribution in [3.8, 4) is 0 Å². The first-order valence-corrected chi connectivity index (χ1v) is 6.13. The summed E-state index contributed by atoms with van der Waals surface area (Å²) in [6.45, 7) is 3.60. The predicted octanol–water partition coefficient (Wildman–Crippen LogP) is 0.771. The first-order chi connectivity index (χ1) is 9.08. The van der Waals surface area contributed by atoms with Crippen LogP contribution in [-0.4, -0.2) is 53.3 Å². The largest absolute Gasteiger partial charge is 0.569 e. The van der Waals surface area contributed by atoms with Crippen LogP contribution in [0.2, 0.25) is 0 Å². The molecule has 0 aromatic carbocycles. The van der Waals surface area contributed by atoms with Crippen LogP contribution < -0.4 is 0 Å². The second-order valence-electron chi connectivity index (χ2n) is 3.95. The van der Waals surface area contributed by atoms with Crippen LogP contribution in [0.1, 0.15) is 26.7 Å². The third-order valence-corrected chi connectivity index (χ3v) is 2.57. The van der Waals surface area contributed by atoms with Gasteiger partial charge in [0.05, 0.1) is 24.7 Å². The van der Waals surface area contributed by atoms with E-state index in [2.05, 4.69) is 14.8 Å². The van der Waals surface area contributed by atoms with E-state index < -0.39 is 12.4 Å². The molecule has 0 aromatic heterocycles. The van der Waals surface area contributed by atoms with Gasteiger partial charge >= 0.3 is 6.16 Å². The van der Waals surface area contributed by atoms with Gasteiger partial charge in [-0.2, -0.15) is 0 Å². The molecule has 0 bridgehead atoms. The summed E-state index contributed by atoms with van der Waals surface area (Å²) >= 11 is 0. The van der Waals surface area contributed by atoms with Gasteiger partial charge in [0.25, 0.3) is 6.29 Å². The number of hydrogen-bond acceptors (Lipinski definition) is 7. The van der Waals surface area contributed by atoms with Crippen LogP contribution in [0.4, 0.5) is 4.79 Å². The lowest BCUT2D eigenvalue weighted by Crippen LogP contribution is -2.37. The Labute approximate surface area is 110 Å². The van der Waals surface area contributed by atoms with E-state index in [4.69, 9.17) is 9.94 Å². The van der Waals surface area contributed by atoms with Gasteiger partial charge in [-0.25, -0.2) is 4.79 Å². The number of nitrogens with zero attached hydrogens (tertiary/aromatic N) is 3. The molecule has 0 saturated carbocycles. The predicted molar refractivity (Wildman–Crippen MR) is 61.5 cm³/mol. The van der Waals surface area contributed by atoms with Crippen molar-refractivity contribution in [1.29, 1.82) is 0 Å². The summed E-state index contributed by atoms with van der Waals surface area (Å²) in [6, 6.07) is -0.258. The van der Waals surface area contributed by atoms with Crippen LogP contribution in [0.3, 0.4) is 0 Å². The maximum Gasteiger partial charge on any atom is 0.511 e. The SMILES string of the molecule is CCOC(=O)OC(C)O/N=[N+](/[O-])N1CCC[C@H]1CO. The topological polar surface area (TPSA) is 107 Å². The molecule has 1 aliphatic rings. The van der Waals surface area contributed by atoms with E-state index in [1.807, 2.05) is 0 Å². The molecule has 0 amide bonds. The highest BCUT2D eigenvalue weighted by Crippen LogP contribution is 2.16. The highest BCUT2D eigenvalue weighted by Gasteiger charge is 2.30. The van der Waals surface area contributed by atoms with Crippen LogP contribution in [0.15, 0.2) is 5.28 Å². The third kappa shape index (κ3) is 4.78.